The molecule has 0 radical (unpaired) electrons. The van der Waals surface area contributed by atoms with Gasteiger partial charge in [-0.1, -0.05) is 24.3 Å². The third-order valence-corrected chi connectivity index (χ3v) is 3.49. The lowest BCUT2D eigenvalue weighted by Crippen LogP contribution is -2.38. The molecule has 2 aromatic rings. The SMILES string of the molecule is CN=C(NCc1cccc(-c2ccccn2)c1)NC1CC1.I. The number of rotatable bonds is 4. The predicted octanol–water partition coefficient (Wildman–Crippen LogP) is 3.19. The topological polar surface area (TPSA) is 49.3 Å². The lowest BCUT2D eigenvalue weighted by atomic mass is 10.1. The van der Waals surface area contributed by atoms with Gasteiger partial charge in [0.05, 0.1) is 5.69 Å². The van der Waals surface area contributed by atoms with Crippen LogP contribution in [0, 0.1) is 0 Å². The van der Waals surface area contributed by atoms with Gasteiger partial charge in [-0.15, -0.1) is 24.0 Å². The van der Waals surface area contributed by atoms with E-state index in [4.69, 9.17) is 0 Å². The molecule has 1 aromatic carbocycles. The number of aromatic nitrogens is 1. The first-order valence-corrected chi connectivity index (χ1v) is 7.32. The zero-order valence-electron chi connectivity index (χ0n) is 12.6. The van der Waals surface area contributed by atoms with Gasteiger partial charge in [0.15, 0.2) is 5.96 Å². The zero-order valence-corrected chi connectivity index (χ0v) is 15.0. The average Bonchev–Trinajstić information content (AvgIpc) is 3.36. The number of benzene rings is 1. The van der Waals surface area contributed by atoms with E-state index in [1.165, 1.54) is 18.4 Å². The second kappa shape index (κ2) is 8.12. The highest BCUT2D eigenvalue weighted by molar-refractivity contribution is 14.0. The zero-order chi connectivity index (χ0) is 14.5. The fourth-order valence-electron chi connectivity index (χ4n) is 2.18. The molecule has 1 fully saturated rings. The van der Waals surface area contributed by atoms with Crippen molar-refractivity contribution < 1.29 is 0 Å². The van der Waals surface area contributed by atoms with E-state index in [-0.39, 0.29) is 24.0 Å². The first-order valence-electron chi connectivity index (χ1n) is 7.32. The molecule has 0 atom stereocenters. The molecule has 116 valence electrons. The summed E-state index contributed by atoms with van der Waals surface area (Å²) in [5, 5.41) is 6.74. The molecule has 0 bridgehead atoms. The summed E-state index contributed by atoms with van der Waals surface area (Å²) < 4.78 is 0. The van der Waals surface area contributed by atoms with Gasteiger partial charge in [-0.2, -0.15) is 0 Å². The molecule has 0 spiro atoms. The van der Waals surface area contributed by atoms with E-state index in [1.807, 2.05) is 31.4 Å². The molecular formula is C17H21IN4. The van der Waals surface area contributed by atoms with Crippen molar-refractivity contribution in [2.75, 3.05) is 7.05 Å². The van der Waals surface area contributed by atoms with Gasteiger partial charge in [0.2, 0.25) is 0 Å². The molecule has 3 rings (SSSR count). The minimum atomic E-state index is 0. The van der Waals surface area contributed by atoms with E-state index >= 15 is 0 Å². The minimum Gasteiger partial charge on any atom is -0.354 e. The Bertz CT molecular complexity index is 624. The third-order valence-electron chi connectivity index (χ3n) is 3.49. The van der Waals surface area contributed by atoms with Crippen LogP contribution in [0.4, 0.5) is 0 Å². The van der Waals surface area contributed by atoms with Crippen molar-refractivity contribution in [3.05, 3.63) is 54.2 Å². The van der Waals surface area contributed by atoms with E-state index in [9.17, 15) is 0 Å². The molecule has 0 saturated heterocycles. The maximum atomic E-state index is 4.39. The Morgan fingerprint density at radius 1 is 1.23 bits per heavy atom. The molecule has 2 N–H and O–H groups in total. The van der Waals surface area contributed by atoms with Crippen LogP contribution < -0.4 is 10.6 Å². The van der Waals surface area contributed by atoms with Gasteiger partial charge in [0.25, 0.3) is 0 Å². The van der Waals surface area contributed by atoms with E-state index < -0.39 is 0 Å². The van der Waals surface area contributed by atoms with Gasteiger partial charge in [0, 0.05) is 31.4 Å². The van der Waals surface area contributed by atoms with Gasteiger partial charge < -0.3 is 10.6 Å². The molecule has 22 heavy (non-hydrogen) atoms. The van der Waals surface area contributed by atoms with Gasteiger partial charge >= 0.3 is 0 Å². The summed E-state index contributed by atoms with van der Waals surface area (Å²) in [4.78, 5) is 8.64. The summed E-state index contributed by atoms with van der Waals surface area (Å²) in [6, 6.07) is 15.0. The van der Waals surface area contributed by atoms with E-state index in [1.54, 1.807) is 0 Å². The molecule has 1 saturated carbocycles. The normalized spacial score (nSPS) is 14.1. The Morgan fingerprint density at radius 2 is 2.09 bits per heavy atom. The summed E-state index contributed by atoms with van der Waals surface area (Å²) in [5.41, 5.74) is 3.36. The summed E-state index contributed by atoms with van der Waals surface area (Å²) in [7, 11) is 1.81. The van der Waals surface area contributed by atoms with Crippen molar-refractivity contribution in [2.24, 2.45) is 4.99 Å². The second-order valence-electron chi connectivity index (χ2n) is 5.26. The number of nitrogens with zero attached hydrogens (tertiary/aromatic N) is 2. The van der Waals surface area contributed by atoms with Crippen molar-refractivity contribution in [3.8, 4) is 11.3 Å². The summed E-state index contributed by atoms with van der Waals surface area (Å²) >= 11 is 0. The van der Waals surface area contributed by atoms with Crippen LogP contribution >= 0.6 is 24.0 Å². The fraction of sp³-hybridized carbons (Fsp3) is 0.294. The van der Waals surface area contributed by atoms with Crippen LogP contribution in [0.25, 0.3) is 11.3 Å². The number of pyridine rings is 1. The van der Waals surface area contributed by atoms with Gasteiger partial charge in [0.1, 0.15) is 0 Å². The van der Waals surface area contributed by atoms with Crippen molar-refractivity contribution >= 4 is 29.9 Å². The molecule has 0 unspecified atom stereocenters. The number of hydrogen-bond acceptors (Lipinski definition) is 2. The van der Waals surface area contributed by atoms with Crippen LogP contribution in [-0.4, -0.2) is 24.0 Å². The molecule has 4 nitrogen and oxygen atoms in total. The summed E-state index contributed by atoms with van der Waals surface area (Å²) in [6.07, 6.45) is 4.31. The number of guanidine groups is 1. The Morgan fingerprint density at radius 3 is 2.77 bits per heavy atom. The lowest BCUT2D eigenvalue weighted by Gasteiger charge is -2.11. The number of aliphatic imine (C=N–C) groups is 1. The first-order chi connectivity index (χ1) is 10.3. The van der Waals surface area contributed by atoms with Gasteiger partial charge in [-0.25, -0.2) is 0 Å². The first kappa shape index (κ1) is 16.7. The molecule has 5 heteroatoms. The Balaban J connectivity index is 0.00000176. The van der Waals surface area contributed by atoms with E-state index in [0.717, 1.165) is 23.8 Å². The Hall–Kier alpha value is -1.63. The Labute approximate surface area is 148 Å². The Kier molecular flexibility index (Phi) is 6.18. The monoisotopic (exact) mass is 408 g/mol. The van der Waals surface area contributed by atoms with Crippen LogP contribution in [0.2, 0.25) is 0 Å². The van der Waals surface area contributed by atoms with Crippen molar-refractivity contribution in [1.29, 1.82) is 0 Å². The summed E-state index contributed by atoms with van der Waals surface area (Å²) in [5.74, 6) is 0.876. The smallest absolute Gasteiger partial charge is 0.191 e. The minimum absolute atomic E-state index is 0. The largest absolute Gasteiger partial charge is 0.354 e. The molecule has 1 aliphatic carbocycles. The van der Waals surface area contributed by atoms with E-state index in [2.05, 4.69) is 44.9 Å². The number of halogens is 1. The predicted molar refractivity (Wildman–Crippen MR) is 101 cm³/mol. The van der Waals surface area contributed by atoms with Crippen LogP contribution in [0.5, 0.6) is 0 Å². The molecule has 1 aromatic heterocycles. The van der Waals surface area contributed by atoms with Crippen LogP contribution in [0.1, 0.15) is 18.4 Å². The van der Waals surface area contributed by atoms with Gasteiger partial charge in [-0.3, -0.25) is 9.98 Å². The molecule has 0 aliphatic heterocycles. The highest BCUT2D eigenvalue weighted by atomic mass is 127. The lowest BCUT2D eigenvalue weighted by molar-refractivity contribution is 0.805. The molecule has 0 amide bonds. The number of nitrogens with one attached hydrogen (secondary N) is 2. The quantitative estimate of drug-likeness (QED) is 0.464. The van der Waals surface area contributed by atoms with Crippen LogP contribution in [-0.2, 0) is 6.54 Å². The highest BCUT2D eigenvalue weighted by Crippen LogP contribution is 2.19. The summed E-state index contributed by atoms with van der Waals surface area (Å²) in [6.45, 7) is 0.757. The molecule has 1 heterocycles. The van der Waals surface area contributed by atoms with Crippen molar-refractivity contribution in [2.45, 2.75) is 25.4 Å². The van der Waals surface area contributed by atoms with Gasteiger partial charge in [-0.05, 0) is 36.6 Å². The highest BCUT2D eigenvalue weighted by Gasteiger charge is 2.21. The maximum Gasteiger partial charge on any atom is 0.191 e. The average molecular weight is 408 g/mol. The molecular weight excluding hydrogens is 387 g/mol. The second-order valence-corrected chi connectivity index (χ2v) is 5.26. The number of hydrogen-bond donors (Lipinski definition) is 2. The molecule has 1 aliphatic rings. The standard InChI is InChI=1S/C17H20N4.HI/c1-18-17(21-15-8-9-15)20-12-13-5-4-6-14(11-13)16-7-2-3-10-19-16;/h2-7,10-11,15H,8-9,12H2,1H3,(H2,18,20,21);1H. The van der Waals surface area contributed by atoms with Crippen molar-refractivity contribution in [1.82, 2.24) is 15.6 Å². The fourth-order valence-corrected chi connectivity index (χ4v) is 2.18. The third kappa shape index (κ3) is 4.69. The maximum absolute atomic E-state index is 4.39. The van der Waals surface area contributed by atoms with Crippen LogP contribution in [0.15, 0.2) is 53.7 Å². The van der Waals surface area contributed by atoms with Crippen molar-refractivity contribution in [3.63, 3.8) is 0 Å². The van der Waals surface area contributed by atoms with E-state index in [0.29, 0.717) is 6.04 Å². The van der Waals surface area contributed by atoms with Crippen LogP contribution in [0.3, 0.4) is 0 Å².